The molecule has 2 unspecified atom stereocenters. The van der Waals surface area contributed by atoms with Crippen LogP contribution in [0, 0.1) is 5.92 Å². The van der Waals surface area contributed by atoms with Gasteiger partial charge in [0.15, 0.2) is 0 Å². The van der Waals surface area contributed by atoms with E-state index in [4.69, 9.17) is 16.3 Å². The number of piperidine rings is 2. The van der Waals surface area contributed by atoms with Gasteiger partial charge in [0.25, 0.3) is 0 Å². The molecular weight excluding hydrogens is 304 g/mol. The van der Waals surface area contributed by atoms with Crippen LogP contribution in [0.5, 0.6) is 0 Å². The Morgan fingerprint density at radius 2 is 1.86 bits per heavy atom. The molecule has 2 aliphatic heterocycles. The molecule has 0 spiro atoms. The zero-order chi connectivity index (χ0) is 16.1. The maximum absolute atomic E-state index is 12.1. The predicted molar refractivity (Wildman–Crippen MR) is 86.0 cm³/mol. The summed E-state index contributed by atoms with van der Waals surface area (Å²) in [6.45, 7) is 6.43. The van der Waals surface area contributed by atoms with Gasteiger partial charge in [0.1, 0.15) is 12.0 Å². The summed E-state index contributed by atoms with van der Waals surface area (Å²) in [6.07, 6.45) is 4.75. The van der Waals surface area contributed by atoms with Crippen molar-refractivity contribution in [1.82, 2.24) is 9.80 Å². The van der Waals surface area contributed by atoms with Gasteiger partial charge in [0, 0.05) is 19.6 Å². The SMILES string of the molecule is CC1CCN(C(=O)OCC2CCCCN2C(=O)C(C)Cl)CC1. The third-order valence-electron chi connectivity index (χ3n) is 4.69. The monoisotopic (exact) mass is 330 g/mol. The Hall–Kier alpha value is -0.970. The Morgan fingerprint density at radius 3 is 2.50 bits per heavy atom. The molecule has 2 atom stereocenters. The molecule has 5 nitrogen and oxygen atoms in total. The maximum atomic E-state index is 12.1. The molecule has 0 aromatic heterocycles. The van der Waals surface area contributed by atoms with Gasteiger partial charge >= 0.3 is 6.09 Å². The van der Waals surface area contributed by atoms with Gasteiger partial charge in [-0.05, 0) is 44.9 Å². The van der Waals surface area contributed by atoms with Crippen LogP contribution >= 0.6 is 11.6 Å². The highest BCUT2D eigenvalue weighted by Gasteiger charge is 2.30. The van der Waals surface area contributed by atoms with Crippen LogP contribution in [0.4, 0.5) is 4.79 Å². The highest BCUT2D eigenvalue weighted by atomic mass is 35.5. The molecule has 22 heavy (non-hydrogen) atoms. The standard InChI is InChI=1S/C16H27ClN2O3/c1-12-6-9-18(10-7-12)16(21)22-11-14-5-3-4-8-19(14)15(20)13(2)17/h12-14H,3-11H2,1-2H3. The number of alkyl halides is 1. The van der Waals surface area contributed by atoms with Crippen molar-refractivity contribution in [3.63, 3.8) is 0 Å². The molecule has 2 aliphatic rings. The molecule has 2 fully saturated rings. The molecule has 6 heteroatoms. The van der Waals surface area contributed by atoms with E-state index in [9.17, 15) is 9.59 Å². The van der Waals surface area contributed by atoms with Crippen molar-refractivity contribution in [2.75, 3.05) is 26.2 Å². The van der Waals surface area contributed by atoms with Crippen molar-refractivity contribution in [2.24, 2.45) is 5.92 Å². The van der Waals surface area contributed by atoms with Crippen molar-refractivity contribution in [3.8, 4) is 0 Å². The van der Waals surface area contributed by atoms with E-state index in [1.807, 2.05) is 0 Å². The molecule has 0 N–H and O–H groups in total. The van der Waals surface area contributed by atoms with Gasteiger partial charge in [-0.3, -0.25) is 4.79 Å². The first kappa shape index (κ1) is 17.4. The van der Waals surface area contributed by atoms with Gasteiger partial charge < -0.3 is 14.5 Å². The van der Waals surface area contributed by atoms with E-state index in [0.29, 0.717) is 12.5 Å². The summed E-state index contributed by atoms with van der Waals surface area (Å²) in [5.74, 6) is 0.620. The van der Waals surface area contributed by atoms with Crippen LogP contribution in [0.2, 0.25) is 0 Å². The smallest absolute Gasteiger partial charge is 0.409 e. The predicted octanol–water partition coefficient (Wildman–Crippen LogP) is 2.86. The summed E-state index contributed by atoms with van der Waals surface area (Å²) >= 11 is 5.92. The minimum Gasteiger partial charge on any atom is -0.447 e. The number of amides is 2. The van der Waals surface area contributed by atoms with Crippen LogP contribution in [0.1, 0.15) is 46.0 Å². The summed E-state index contributed by atoms with van der Waals surface area (Å²) in [6, 6.07) is -0.0323. The number of likely N-dealkylation sites (tertiary alicyclic amines) is 2. The lowest BCUT2D eigenvalue weighted by molar-refractivity contribution is -0.135. The molecule has 0 saturated carbocycles. The highest BCUT2D eigenvalue weighted by molar-refractivity contribution is 6.30. The average molecular weight is 331 g/mol. The Kier molecular flexibility index (Phi) is 6.36. The second kappa shape index (κ2) is 8.04. The molecular formula is C16H27ClN2O3. The molecule has 2 amide bonds. The number of carbonyl (C=O) groups is 2. The van der Waals surface area contributed by atoms with Gasteiger partial charge in [-0.2, -0.15) is 0 Å². The van der Waals surface area contributed by atoms with Crippen molar-refractivity contribution >= 4 is 23.6 Å². The van der Waals surface area contributed by atoms with E-state index in [0.717, 1.165) is 45.2 Å². The number of rotatable bonds is 3. The van der Waals surface area contributed by atoms with Crippen LogP contribution in [-0.4, -0.2) is 59.5 Å². The van der Waals surface area contributed by atoms with Crippen molar-refractivity contribution in [1.29, 1.82) is 0 Å². The van der Waals surface area contributed by atoms with E-state index < -0.39 is 5.38 Å². The highest BCUT2D eigenvalue weighted by Crippen LogP contribution is 2.21. The lowest BCUT2D eigenvalue weighted by atomic mass is 10.00. The van der Waals surface area contributed by atoms with E-state index >= 15 is 0 Å². The molecule has 2 rings (SSSR count). The summed E-state index contributed by atoms with van der Waals surface area (Å²) < 4.78 is 5.47. The zero-order valence-corrected chi connectivity index (χ0v) is 14.3. The molecule has 0 aromatic rings. The number of ether oxygens (including phenoxy) is 1. The maximum Gasteiger partial charge on any atom is 0.409 e. The van der Waals surface area contributed by atoms with Gasteiger partial charge in [-0.15, -0.1) is 11.6 Å². The molecule has 0 aromatic carbocycles. The Morgan fingerprint density at radius 1 is 1.18 bits per heavy atom. The quantitative estimate of drug-likeness (QED) is 0.748. The molecule has 0 radical (unpaired) electrons. The van der Waals surface area contributed by atoms with Gasteiger partial charge in [0.05, 0.1) is 6.04 Å². The van der Waals surface area contributed by atoms with Crippen LogP contribution in [0.25, 0.3) is 0 Å². The molecule has 0 bridgehead atoms. The fourth-order valence-corrected chi connectivity index (χ4v) is 3.27. The van der Waals surface area contributed by atoms with Crippen LogP contribution < -0.4 is 0 Å². The Labute approximate surface area is 137 Å². The first-order chi connectivity index (χ1) is 10.5. The van der Waals surface area contributed by atoms with Gasteiger partial charge in [0.2, 0.25) is 5.91 Å². The largest absolute Gasteiger partial charge is 0.447 e. The molecule has 2 heterocycles. The number of halogens is 1. The second-order valence-electron chi connectivity index (χ2n) is 6.54. The number of hydrogen-bond acceptors (Lipinski definition) is 3. The fraction of sp³-hybridized carbons (Fsp3) is 0.875. The average Bonchev–Trinajstić information content (AvgIpc) is 2.52. The van der Waals surface area contributed by atoms with Crippen molar-refractivity contribution in [2.45, 2.75) is 57.4 Å². The lowest BCUT2D eigenvalue weighted by Crippen LogP contribution is -2.49. The summed E-state index contributed by atoms with van der Waals surface area (Å²) in [5, 5.41) is -0.528. The second-order valence-corrected chi connectivity index (χ2v) is 7.20. The number of hydrogen-bond donors (Lipinski definition) is 0. The third-order valence-corrected chi connectivity index (χ3v) is 4.88. The Balaban J connectivity index is 1.83. The summed E-state index contributed by atoms with van der Waals surface area (Å²) in [5.41, 5.74) is 0. The normalized spacial score (nSPS) is 25.0. The molecule has 126 valence electrons. The van der Waals surface area contributed by atoms with Crippen LogP contribution in [-0.2, 0) is 9.53 Å². The first-order valence-corrected chi connectivity index (χ1v) is 8.79. The van der Waals surface area contributed by atoms with Crippen molar-refractivity contribution in [3.05, 3.63) is 0 Å². The third kappa shape index (κ3) is 4.51. The summed E-state index contributed by atoms with van der Waals surface area (Å²) in [7, 11) is 0. The van der Waals surface area contributed by atoms with E-state index in [1.54, 1.807) is 16.7 Å². The minimum atomic E-state index is -0.528. The van der Waals surface area contributed by atoms with E-state index in [2.05, 4.69) is 6.92 Å². The number of nitrogens with zero attached hydrogens (tertiary/aromatic N) is 2. The Bertz CT molecular complexity index is 395. The zero-order valence-electron chi connectivity index (χ0n) is 13.6. The topological polar surface area (TPSA) is 49.9 Å². The summed E-state index contributed by atoms with van der Waals surface area (Å²) in [4.78, 5) is 27.8. The van der Waals surface area contributed by atoms with Crippen molar-refractivity contribution < 1.29 is 14.3 Å². The van der Waals surface area contributed by atoms with Crippen LogP contribution in [0.3, 0.4) is 0 Å². The first-order valence-electron chi connectivity index (χ1n) is 8.35. The molecule has 0 aliphatic carbocycles. The number of carbonyl (C=O) groups excluding carboxylic acids is 2. The molecule has 2 saturated heterocycles. The van der Waals surface area contributed by atoms with Gasteiger partial charge in [-0.1, -0.05) is 6.92 Å². The lowest BCUT2D eigenvalue weighted by Gasteiger charge is -2.37. The minimum absolute atomic E-state index is 0.0323. The van der Waals surface area contributed by atoms with Gasteiger partial charge in [-0.25, -0.2) is 4.79 Å². The van der Waals surface area contributed by atoms with E-state index in [1.165, 1.54) is 0 Å². The van der Waals surface area contributed by atoms with E-state index in [-0.39, 0.29) is 24.6 Å². The fourth-order valence-electron chi connectivity index (χ4n) is 3.14. The van der Waals surface area contributed by atoms with Crippen LogP contribution in [0.15, 0.2) is 0 Å².